The molecule has 0 spiro atoms. The van der Waals surface area contributed by atoms with Gasteiger partial charge in [-0.3, -0.25) is 0 Å². The zero-order valence-corrected chi connectivity index (χ0v) is 18.4. The van der Waals surface area contributed by atoms with Crippen molar-refractivity contribution in [2.45, 2.75) is 67.2 Å². The average molecular weight is 356 g/mol. The highest BCUT2D eigenvalue weighted by atomic mass is 31.0. The van der Waals surface area contributed by atoms with Gasteiger partial charge in [-0.2, -0.15) is 0 Å². The van der Waals surface area contributed by atoms with Crippen LogP contribution in [0.15, 0.2) is 12.1 Å². The Morgan fingerprint density at radius 2 is 1.24 bits per heavy atom. The van der Waals surface area contributed by atoms with Crippen LogP contribution in [0.25, 0.3) is 11.1 Å². The van der Waals surface area contributed by atoms with Crippen LogP contribution in [0.2, 0.25) is 0 Å². The van der Waals surface area contributed by atoms with E-state index >= 15 is 0 Å². The maximum atomic E-state index is 5.79. The van der Waals surface area contributed by atoms with E-state index in [0.717, 1.165) is 5.75 Å². The van der Waals surface area contributed by atoms with E-state index in [1.54, 1.807) is 7.11 Å². The molecule has 2 aromatic rings. The Hall–Kier alpha value is -1.33. The first-order valence-corrected chi connectivity index (χ1v) is 9.77. The Morgan fingerprint density at radius 1 is 0.760 bits per heavy atom. The van der Waals surface area contributed by atoms with Gasteiger partial charge in [0, 0.05) is 0 Å². The Morgan fingerprint density at radius 3 is 1.64 bits per heavy atom. The van der Waals surface area contributed by atoms with Crippen molar-refractivity contribution in [3.05, 3.63) is 45.5 Å². The molecule has 2 heteroatoms. The van der Waals surface area contributed by atoms with Crippen LogP contribution < -0.4 is 10.0 Å². The van der Waals surface area contributed by atoms with Crippen molar-refractivity contribution < 1.29 is 4.74 Å². The third kappa shape index (κ3) is 3.49. The number of aryl methyl sites for hydroxylation is 1. The molecule has 136 valence electrons. The van der Waals surface area contributed by atoms with Crippen LogP contribution in [0.3, 0.4) is 0 Å². The molecule has 0 radical (unpaired) electrons. The van der Waals surface area contributed by atoms with E-state index in [0.29, 0.717) is 11.8 Å². The van der Waals surface area contributed by atoms with Crippen LogP contribution in [0.1, 0.15) is 72.9 Å². The fourth-order valence-corrected chi connectivity index (χ4v) is 4.40. The third-order valence-electron chi connectivity index (χ3n) is 5.33. The summed E-state index contributed by atoms with van der Waals surface area (Å²) in [6, 6.07) is 4.72. The number of ether oxygens (including phenoxy) is 1. The normalized spacial score (nSPS) is 11.5. The molecule has 2 aromatic carbocycles. The average Bonchev–Trinajstić information content (AvgIpc) is 2.53. The van der Waals surface area contributed by atoms with Gasteiger partial charge in [0.1, 0.15) is 5.75 Å². The topological polar surface area (TPSA) is 9.23 Å². The minimum atomic E-state index is 0.476. The number of benzene rings is 2. The summed E-state index contributed by atoms with van der Waals surface area (Å²) in [5, 5.41) is 1.29. The smallest absolute Gasteiger partial charge is 0.125 e. The van der Waals surface area contributed by atoms with E-state index in [9.17, 15) is 0 Å². The lowest BCUT2D eigenvalue weighted by atomic mass is 9.81. The van der Waals surface area contributed by atoms with Crippen molar-refractivity contribution in [1.29, 1.82) is 0 Å². The number of rotatable bonds is 4. The van der Waals surface area contributed by atoms with Gasteiger partial charge >= 0.3 is 0 Å². The summed E-state index contributed by atoms with van der Waals surface area (Å²) >= 11 is 0. The standard InChI is InChI=1S/C23H33OP/c1-12(2)18-10-14(5)11-19(13(3)4)21(18)20-17(8)22(24-9)15(6)16(7)23(20)25/h10-13H,25H2,1-9H3. The van der Waals surface area contributed by atoms with Gasteiger partial charge in [-0.05, 0) is 83.8 Å². The molecule has 25 heavy (non-hydrogen) atoms. The number of hydrogen-bond donors (Lipinski definition) is 0. The van der Waals surface area contributed by atoms with Crippen LogP contribution in [0.4, 0.5) is 0 Å². The first-order chi connectivity index (χ1) is 11.6. The van der Waals surface area contributed by atoms with Crippen LogP contribution in [0, 0.1) is 27.7 Å². The Bertz CT molecular complexity index is 771. The van der Waals surface area contributed by atoms with Crippen molar-refractivity contribution in [2.24, 2.45) is 0 Å². The monoisotopic (exact) mass is 356 g/mol. The lowest BCUT2D eigenvalue weighted by molar-refractivity contribution is 0.408. The van der Waals surface area contributed by atoms with Gasteiger partial charge in [-0.15, -0.1) is 9.24 Å². The van der Waals surface area contributed by atoms with Crippen molar-refractivity contribution in [3.63, 3.8) is 0 Å². The highest BCUT2D eigenvalue weighted by molar-refractivity contribution is 7.28. The fraction of sp³-hybridized carbons (Fsp3) is 0.478. The Labute approximate surface area is 156 Å². The largest absolute Gasteiger partial charge is 0.496 e. The Kier molecular flexibility index (Phi) is 6.00. The van der Waals surface area contributed by atoms with Gasteiger partial charge in [0.15, 0.2) is 0 Å². The maximum absolute atomic E-state index is 5.79. The van der Waals surface area contributed by atoms with E-state index in [-0.39, 0.29) is 0 Å². The molecule has 0 fully saturated rings. The molecule has 0 bridgehead atoms. The van der Waals surface area contributed by atoms with Crippen molar-refractivity contribution in [1.82, 2.24) is 0 Å². The van der Waals surface area contributed by atoms with Crippen LogP contribution in [0.5, 0.6) is 5.75 Å². The van der Waals surface area contributed by atoms with E-state index in [1.165, 1.54) is 49.8 Å². The minimum Gasteiger partial charge on any atom is -0.496 e. The molecule has 0 saturated heterocycles. The predicted octanol–water partition coefficient (Wildman–Crippen LogP) is 6.34. The van der Waals surface area contributed by atoms with E-state index in [4.69, 9.17) is 4.74 Å². The molecular formula is C23H33OP. The molecule has 2 rings (SSSR count). The molecule has 0 aliphatic heterocycles. The summed E-state index contributed by atoms with van der Waals surface area (Å²) in [6.07, 6.45) is 0. The summed E-state index contributed by atoms with van der Waals surface area (Å²) in [5.74, 6) is 1.97. The lowest BCUT2D eigenvalue weighted by Crippen LogP contribution is -2.13. The third-order valence-corrected chi connectivity index (χ3v) is 6.06. The Balaban J connectivity index is 3.03. The summed E-state index contributed by atoms with van der Waals surface area (Å²) in [6.45, 7) is 17.9. The summed E-state index contributed by atoms with van der Waals surface area (Å²) in [7, 11) is 4.78. The molecule has 1 atom stereocenters. The van der Waals surface area contributed by atoms with Gasteiger partial charge in [0.05, 0.1) is 7.11 Å². The summed E-state index contributed by atoms with van der Waals surface area (Å²) in [4.78, 5) is 0. The molecule has 1 nitrogen and oxygen atoms in total. The van der Waals surface area contributed by atoms with E-state index in [1.807, 2.05) is 0 Å². The first-order valence-electron chi connectivity index (χ1n) is 9.19. The molecule has 0 aliphatic carbocycles. The van der Waals surface area contributed by atoms with Gasteiger partial charge < -0.3 is 4.74 Å². The molecule has 1 unspecified atom stereocenters. The highest BCUT2D eigenvalue weighted by Gasteiger charge is 2.23. The molecule has 0 heterocycles. The molecule has 0 aromatic heterocycles. The minimum absolute atomic E-state index is 0.476. The van der Waals surface area contributed by atoms with Crippen LogP contribution in [-0.2, 0) is 0 Å². The molecule has 0 N–H and O–H groups in total. The van der Waals surface area contributed by atoms with E-state index in [2.05, 4.69) is 76.8 Å². The van der Waals surface area contributed by atoms with Gasteiger partial charge in [-0.25, -0.2) is 0 Å². The lowest BCUT2D eigenvalue weighted by Gasteiger charge is -2.26. The number of hydrogen-bond acceptors (Lipinski definition) is 1. The molecule has 0 amide bonds. The van der Waals surface area contributed by atoms with Gasteiger partial charge in [-0.1, -0.05) is 45.4 Å². The molecule has 0 saturated carbocycles. The zero-order chi connectivity index (χ0) is 19.0. The second kappa shape index (κ2) is 7.50. The maximum Gasteiger partial charge on any atom is 0.125 e. The summed E-state index contributed by atoms with van der Waals surface area (Å²) in [5.41, 5.74) is 10.7. The molecule has 0 aliphatic rings. The van der Waals surface area contributed by atoms with Gasteiger partial charge in [0.25, 0.3) is 0 Å². The quantitative estimate of drug-likeness (QED) is 0.581. The van der Waals surface area contributed by atoms with Crippen LogP contribution in [-0.4, -0.2) is 7.11 Å². The first kappa shape index (κ1) is 20.0. The second-order valence-electron chi connectivity index (χ2n) is 7.82. The van der Waals surface area contributed by atoms with Crippen molar-refractivity contribution >= 4 is 14.5 Å². The SMILES string of the molecule is COc1c(C)c(C)c(P)c(-c2c(C(C)C)cc(C)cc2C(C)C)c1C. The zero-order valence-electron chi connectivity index (χ0n) is 17.3. The fourth-order valence-electron chi connectivity index (χ4n) is 3.83. The van der Waals surface area contributed by atoms with E-state index < -0.39 is 0 Å². The van der Waals surface area contributed by atoms with Crippen molar-refractivity contribution in [3.8, 4) is 16.9 Å². The predicted molar refractivity (Wildman–Crippen MR) is 115 cm³/mol. The second-order valence-corrected chi connectivity index (χ2v) is 8.40. The summed E-state index contributed by atoms with van der Waals surface area (Å²) < 4.78 is 5.79. The van der Waals surface area contributed by atoms with Gasteiger partial charge in [0.2, 0.25) is 0 Å². The van der Waals surface area contributed by atoms with Crippen molar-refractivity contribution in [2.75, 3.05) is 7.11 Å². The highest BCUT2D eigenvalue weighted by Crippen LogP contribution is 2.42. The molecular weight excluding hydrogens is 323 g/mol. The van der Waals surface area contributed by atoms with Crippen LogP contribution >= 0.6 is 9.24 Å². The number of methoxy groups -OCH3 is 1.